The lowest BCUT2D eigenvalue weighted by atomic mass is 10.1. The van der Waals surface area contributed by atoms with Crippen molar-refractivity contribution in [1.82, 2.24) is 0 Å². The Bertz CT molecular complexity index is 437. The molecule has 3 N–H and O–H groups in total. The van der Waals surface area contributed by atoms with Gasteiger partial charge in [-0.25, -0.2) is 4.79 Å². The molecule has 112 valence electrons. The number of hydrogen-bond acceptors (Lipinski definition) is 6. The van der Waals surface area contributed by atoms with E-state index in [2.05, 4.69) is 5.32 Å². The Kier molecular flexibility index (Phi) is 6.83. The number of methoxy groups -OCH3 is 2. The Hall–Kier alpha value is -1.79. The number of hydrogen-bond donors (Lipinski definition) is 2. The van der Waals surface area contributed by atoms with E-state index < -0.39 is 5.97 Å². The summed E-state index contributed by atoms with van der Waals surface area (Å²) in [5, 5.41) is 3.13. The summed E-state index contributed by atoms with van der Waals surface area (Å²) in [6.07, 6.45) is -0.130. The third-order valence-corrected chi connectivity index (χ3v) is 2.78. The molecule has 0 spiro atoms. The summed E-state index contributed by atoms with van der Waals surface area (Å²) in [4.78, 5) is 11.9. The van der Waals surface area contributed by atoms with Crippen LogP contribution in [0.4, 0.5) is 11.4 Å². The molecule has 20 heavy (non-hydrogen) atoms. The number of rotatable bonds is 8. The van der Waals surface area contributed by atoms with Crippen LogP contribution in [0.15, 0.2) is 18.2 Å². The molecule has 0 heterocycles. The Morgan fingerprint density at radius 1 is 1.40 bits per heavy atom. The minimum Gasteiger partial charge on any atom is -0.462 e. The summed E-state index contributed by atoms with van der Waals surface area (Å²) in [6.45, 7) is 3.00. The molecule has 1 rings (SSSR count). The lowest BCUT2D eigenvalue weighted by molar-refractivity contribution is 0.0365. The Morgan fingerprint density at radius 2 is 2.15 bits per heavy atom. The molecule has 0 radical (unpaired) electrons. The molecule has 0 saturated carbocycles. The predicted molar refractivity (Wildman–Crippen MR) is 78.0 cm³/mol. The molecular formula is C14H22N2O4. The molecule has 0 fully saturated rings. The Balaban J connectivity index is 2.84. The van der Waals surface area contributed by atoms with Crippen molar-refractivity contribution < 1.29 is 19.0 Å². The van der Waals surface area contributed by atoms with Gasteiger partial charge in [0.2, 0.25) is 0 Å². The number of para-hydroxylation sites is 1. The van der Waals surface area contributed by atoms with Crippen LogP contribution in [0.25, 0.3) is 0 Å². The molecule has 0 amide bonds. The summed E-state index contributed by atoms with van der Waals surface area (Å²) >= 11 is 0. The van der Waals surface area contributed by atoms with Crippen molar-refractivity contribution in [3.8, 4) is 0 Å². The zero-order chi connectivity index (χ0) is 15.0. The molecule has 1 unspecified atom stereocenters. The summed E-state index contributed by atoms with van der Waals surface area (Å²) in [5.74, 6) is -0.400. The van der Waals surface area contributed by atoms with Crippen molar-refractivity contribution in [3.63, 3.8) is 0 Å². The number of benzene rings is 1. The number of nitrogens with two attached hydrogens (primary N) is 1. The van der Waals surface area contributed by atoms with E-state index in [0.717, 1.165) is 0 Å². The van der Waals surface area contributed by atoms with Crippen LogP contribution in [0.1, 0.15) is 17.3 Å². The molecule has 0 bridgehead atoms. The monoisotopic (exact) mass is 282 g/mol. The van der Waals surface area contributed by atoms with Crippen LogP contribution in [0.5, 0.6) is 0 Å². The molecule has 1 aromatic rings. The fourth-order valence-corrected chi connectivity index (χ4v) is 1.76. The van der Waals surface area contributed by atoms with Crippen LogP contribution in [0, 0.1) is 0 Å². The third kappa shape index (κ3) is 4.40. The first-order valence-corrected chi connectivity index (χ1v) is 6.45. The van der Waals surface area contributed by atoms with E-state index in [1.165, 1.54) is 0 Å². The molecule has 6 nitrogen and oxygen atoms in total. The highest BCUT2D eigenvalue weighted by molar-refractivity contribution is 5.98. The summed E-state index contributed by atoms with van der Waals surface area (Å²) in [6, 6.07) is 5.12. The van der Waals surface area contributed by atoms with Gasteiger partial charge in [0.15, 0.2) is 0 Å². The largest absolute Gasteiger partial charge is 0.462 e. The van der Waals surface area contributed by atoms with Crippen molar-refractivity contribution in [1.29, 1.82) is 0 Å². The lowest BCUT2D eigenvalue weighted by Crippen LogP contribution is -2.27. The molecule has 0 aliphatic rings. The quantitative estimate of drug-likeness (QED) is 0.555. The zero-order valence-electron chi connectivity index (χ0n) is 12.1. The lowest BCUT2D eigenvalue weighted by Gasteiger charge is -2.18. The maximum absolute atomic E-state index is 11.9. The summed E-state index contributed by atoms with van der Waals surface area (Å²) in [7, 11) is 3.21. The van der Waals surface area contributed by atoms with Crippen LogP contribution in [-0.4, -0.2) is 46.1 Å². The highest BCUT2D eigenvalue weighted by Crippen LogP contribution is 2.24. The first-order chi connectivity index (χ1) is 9.63. The van der Waals surface area contributed by atoms with Crippen LogP contribution < -0.4 is 11.1 Å². The summed E-state index contributed by atoms with van der Waals surface area (Å²) < 4.78 is 15.3. The zero-order valence-corrected chi connectivity index (χ0v) is 12.1. The fourth-order valence-electron chi connectivity index (χ4n) is 1.76. The van der Waals surface area contributed by atoms with Crippen molar-refractivity contribution in [3.05, 3.63) is 23.8 Å². The van der Waals surface area contributed by atoms with E-state index in [1.54, 1.807) is 39.3 Å². The predicted octanol–water partition coefficient (Wildman–Crippen LogP) is 1.52. The van der Waals surface area contributed by atoms with E-state index in [9.17, 15) is 4.79 Å². The van der Waals surface area contributed by atoms with E-state index in [-0.39, 0.29) is 6.10 Å². The van der Waals surface area contributed by atoms with Crippen molar-refractivity contribution in [2.45, 2.75) is 13.0 Å². The number of nitrogens with one attached hydrogen (secondary N) is 1. The Labute approximate surface area is 119 Å². The van der Waals surface area contributed by atoms with Gasteiger partial charge in [-0.2, -0.15) is 0 Å². The average molecular weight is 282 g/mol. The van der Waals surface area contributed by atoms with E-state index in [1.807, 2.05) is 0 Å². The minimum atomic E-state index is -0.400. The van der Waals surface area contributed by atoms with Gasteiger partial charge in [-0.15, -0.1) is 0 Å². The van der Waals surface area contributed by atoms with Gasteiger partial charge >= 0.3 is 5.97 Å². The molecule has 6 heteroatoms. The number of carbonyl (C=O) groups excluding carboxylic acids is 1. The topological polar surface area (TPSA) is 82.8 Å². The second-order valence-electron chi connectivity index (χ2n) is 4.18. The van der Waals surface area contributed by atoms with E-state index in [4.69, 9.17) is 19.9 Å². The second kappa shape index (κ2) is 8.39. The van der Waals surface area contributed by atoms with Crippen molar-refractivity contribution in [2.75, 3.05) is 45.0 Å². The van der Waals surface area contributed by atoms with Gasteiger partial charge in [-0.1, -0.05) is 6.07 Å². The number of carbonyl (C=O) groups is 1. The molecule has 0 aliphatic carbocycles. The van der Waals surface area contributed by atoms with Crippen molar-refractivity contribution in [2.24, 2.45) is 0 Å². The molecule has 0 saturated heterocycles. The van der Waals surface area contributed by atoms with Crippen LogP contribution in [0.3, 0.4) is 0 Å². The summed E-state index contributed by atoms with van der Waals surface area (Å²) in [5.41, 5.74) is 7.38. The Morgan fingerprint density at radius 3 is 2.75 bits per heavy atom. The van der Waals surface area contributed by atoms with Crippen LogP contribution >= 0.6 is 0 Å². The van der Waals surface area contributed by atoms with Gasteiger partial charge in [0.05, 0.1) is 36.3 Å². The third-order valence-electron chi connectivity index (χ3n) is 2.78. The van der Waals surface area contributed by atoms with E-state index in [0.29, 0.717) is 36.7 Å². The average Bonchev–Trinajstić information content (AvgIpc) is 2.44. The molecule has 0 aliphatic heterocycles. The van der Waals surface area contributed by atoms with Crippen LogP contribution in [-0.2, 0) is 14.2 Å². The first kappa shape index (κ1) is 16.3. The highest BCUT2D eigenvalue weighted by atomic mass is 16.5. The number of anilines is 2. The number of esters is 1. The maximum atomic E-state index is 11.9. The van der Waals surface area contributed by atoms with Crippen LogP contribution in [0.2, 0.25) is 0 Å². The van der Waals surface area contributed by atoms with E-state index >= 15 is 0 Å². The molecule has 0 aromatic heterocycles. The SMILES string of the molecule is CCOC(=O)c1cccc(N)c1NCC(COC)OC. The maximum Gasteiger partial charge on any atom is 0.340 e. The van der Waals surface area contributed by atoms with Gasteiger partial charge in [0.1, 0.15) is 0 Å². The smallest absolute Gasteiger partial charge is 0.340 e. The minimum absolute atomic E-state index is 0.130. The first-order valence-electron chi connectivity index (χ1n) is 6.45. The highest BCUT2D eigenvalue weighted by Gasteiger charge is 2.16. The van der Waals surface area contributed by atoms with Gasteiger partial charge in [0, 0.05) is 20.8 Å². The van der Waals surface area contributed by atoms with Gasteiger partial charge in [-0.05, 0) is 19.1 Å². The standard InChI is InChI=1S/C14H22N2O4/c1-4-20-14(17)11-6-5-7-12(15)13(11)16-8-10(19-3)9-18-2/h5-7,10,16H,4,8-9,15H2,1-3H3. The molecular weight excluding hydrogens is 260 g/mol. The van der Waals surface area contributed by atoms with Gasteiger partial charge in [-0.3, -0.25) is 0 Å². The van der Waals surface area contributed by atoms with Gasteiger partial charge < -0.3 is 25.3 Å². The second-order valence-corrected chi connectivity index (χ2v) is 4.18. The fraction of sp³-hybridized carbons (Fsp3) is 0.500. The van der Waals surface area contributed by atoms with Gasteiger partial charge in [0.25, 0.3) is 0 Å². The molecule has 1 aromatic carbocycles. The normalized spacial score (nSPS) is 11.9. The molecule has 1 atom stereocenters. The van der Waals surface area contributed by atoms with Crippen molar-refractivity contribution >= 4 is 17.3 Å². The number of ether oxygens (including phenoxy) is 3. The number of nitrogen functional groups attached to an aromatic ring is 1.